The molecule has 0 radical (unpaired) electrons. The van der Waals surface area contributed by atoms with Gasteiger partial charge in [0.15, 0.2) is 6.04 Å². The summed E-state index contributed by atoms with van der Waals surface area (Å²) in [4.78, 5) is 26.6. The van der Waals surface area contributed by atoms with E-state index < -0.39 is 17.9 Å². The molecular weight excluding hydrogens is 454 g/mol. The first-order valence-corrected chi connectivity index (χ1v) is 11.5. The van der Waals surface area contributed by atoms with E-state index in [0.29, 0.717) is 17.1 Å². The third-order valence-electron chi connectivity index (χ3n) is 5.13. The van der Waals surface area contributed by atoms with E-state index in [2.05, 4.69) is 0 Å². The monoisotopic (exact) mass is 475 g/mol. The normalized spacial score (nSPS) is 15.7. The maximum atomic E-state index is 13.1. The number of benzene rings is 3. The number of carboxylic acids is 1. The summed E-state index contributed by atoms with van der Waals surface area (Å²) in [5.41, 5.74) is 3.58. The van der Waals surface area contributed by atoms with Gasteiger partial charge in [0.05, 0.1) is 4.91 Å². The third-order valence-corrected chi connectivity index (χ3v) is 6.47. The summed E-state index contributed by atoms with van der Waals surface area (Å²) in [5.74, 6) is -0.829. The molecule has 1 N–H and O–H groups in total. The van der Waals surface area contributed by atoms with Crippen molar-refractivity contribution in [1.82, 2.24) is 4.90 Å². The van der Waals surface area contributed by atoms with E-state index in [-0.39, 0.29) is 4.32 Å². The minimum Gasteiger partial charge on any atom is -0.489 e. The predicted molar refractivity (Wildman–Crippen MR) is 134 cm³/mol. The summed E-state index contributed by atoms with van der Waals surface area (Å²) >= 11 is 6.46. The van der Waals surface area contributed by atoms with Gasteiger partial charge in [0.2, 0.25) is 0 Å². The topological polar surface area (TPSA) is 66.8 Å². The van der Waals surface area contributed by atoms with E-state index in [9.17, 15) is 14.7 Å². The number of ether oxygens (including phenoxy) is 1. The number of aryl methyl sites for hydroxylation is 1. The van der Waals surface area contributed by atoms with Crippen LogP contribution in [-0.4, -0.2) is 26.2 Å². The van der Waals surface area contributed by atoms with Gasteiger partial charge in [-0.2, -0.15) is 0 Å². The molecule has 1 aliphatic rings. The molecule has 1 atom stereocenters. The number of hydrogen-bond donors (Lipinski definition) is 1. The molecular formula is C26H21NO4S2. The first kappa shape index (κ1) is 22.8. The highest BCUT2D eigenvalue weighted by Crippen LogP contribution is 2.38. The summed E-state index contributed by atoms with van der Waals surface area (Å²) in [6.45, 7) is 2.51. The quantitative estimate of drug-likeness (QED) is 0.354. The van der Waals surface area contributed by atoms with Crippen molar-refractivity contribution in [2.45, 2.75) is 19.6 Å². The Bertz CT molecular complexity index is 1210. The van der Waals surface area contributed by atoms with E-state index in [1.807, 2.05) is 55.5 Å². The molecule has 0 unspecified atom stereocenters. The minimum atomic E-state index is -1.16. The lowest BCUT2D eigenvalue weighted by atomic mass is 10.1. The molecule has 1 amide bonds. The third kappa shape index (κ3) is 5.32. The lowest BCUT2D eigenvalue weighted by Crippen LogP contribution is -2.37. The molecule has 0 spiro atoms. The minimum absolute atomic E-state index is 0.223. The molecule has 0 saturated carbocycles. The summed E-state index contributed by atoms with van der Waals surface area (Å²) in [6, 6.07) is 23.0. The zero-order valence-corrected chi connectivity index (χ0v) is 19.4. The highest BCUT2D eigenvalue weighted by molar-refractivity contribution is 8.26. The SMILES string of the molecule is Cc1ccc(COc2ccc(/C=C3\SC(=S)N([C@@H](C(=O)O)c4ccccc4)C3=O)cc2)cc1. The lowest BCUT2D eigenvalue weighted by molar-refractivity contribution is -0.145. The number of amides is 1. The number of carboxylic acid groups (broad SMARTS) is 1. The first-order chi connectivity index (χ1) is 15.9. The van der Waals surface area contributed by atoms with Gasteiger partial charge in [-0.05, 0) is 41.8 Å². The van der Waals surface area contributed by atoms with Crippen LogP contribution in [0.4, 0.5) is 0 Å². The van der Waals surface area contributed by atoms with Crippen molar-refractivity contribution >= 4 is 46.3 Å². The van der Waals surface area contributed by atoms with E-state index >= 15 is 0 Å². The van der Waals surface area contributed by atoms with Crippen LogP contribution < -0.4 is 4.74 Å². The molecule has 1 fully saturated rings. The molecule has 7 heteroatoms. The summed E-state index contributed by atoms with van der Waals surface area (Å²) in [5, 5.41) is 9.78. The Hall–Kier alpha value is -3.42. The Morgan fingerprint density at radius 2 is 1.73 bits per heavy atom. The molecule has 1 aliphatic heterocycles. The second kappa shape index (κ2) is 10.0. The molecule has 166 valence electrons. The lowest BCUT2D eigenvalue weighted by Gasteiger charge is -2.23. The van der Waals surface area contributed by atoms with Crippen LogP contribution in [0, 0.1) is 6.92 Å². The van der Waals surface area contributed by atoms with Gasteiger partial charge < -0.3 is 9.84 Å². The van der Waals surface area contributed by atoms with Crippen LogP contribution >= 0.6 is 24.0 Å². The van der Waals surface area contributed by atoms with E-state index in [4.69, 9.17) is 17.0 Å². The summed E-state index contributed by atoms with van der Waals surface area (Å²) in [7, 11) is 0. The maximum Gasteiger partial charge on any atom is 0.331 e. The van der Waals surface area contributed by atoms with Crippen LogP contribution in [0.25, 0.3) is 6.08 Å². The molecule has 0 bridgehead atoms. The molecule has 3 aromatic carbocycles. The molecule has 0 aromatic heterocycles. The van der Waals surface area contributed by atoms with Crippen molar-refractivity contribution in [3.8, 4) is 5.75 Å². The average Bonchev–Trinajstić information content (AvgIpc) is 3.08. The average molecular weight is 476 g/mol. The van der Waals surface area contributed by atoms with E-state index in [1.54, 1.807) is 36.4 Å². The van der Waals surface area contributed by atoms with Crippen LogP contribution in [0.3, 0.4) is 0 Å². The number of hydrogen-bond acceptors (Lipinski definition) is 5. The molecule has 5 nitrogen and oxygen atoms in total. The number of aliphatic carboxylic acids is 1. The van der Waals surface area contributed by atoms with Crippen LogP contribution in [0.5, 0.6) is 5.75 Å². The molecule has 1 heterocycles. The maximum absolute atomic E-state index is 13.1. The highest BCUT2D eigenvalue weighted by Gasteiger charge is 2.41. The second-order valence-corrected chi connectivity index (χ2v) is 9.22. The first-order valence-electron chi connectivity index (χ1n) is 10.3. The van der Waals surface area contributed by atoms with Gasteiger partial charge in [-0.15, -0.1) is 0 Å². The summed E-state index contributed by atoms with van der Waals surface area (Å²) in [6.07, 6.45) is 1.72. The van der Waals surface area contributed by atoms with Gasteiger partial charge in [-0.3, -0.25) is 9.69 Å². The summed E-state index contributed by atoms with van der Waals surface area (Å²) < 4.78 is 6.05. The van der Waals surface area contributed by atoms with E-state index in [1.165, 1.54) is 10.5 Å². The fourth-order valence-electron chi connectivity index (χ4n) is 3.40. The number of carbonyl (C=O) groups excluding carboxylic acids is 1. The van der Waals surface area contributed by atoms with Crippen molar-refractivity contribution in [1.29, 1.82) is 0 Å². The Labute approximate surface area is 201 Å². The molecule has 3 aromatic rings. The van der Waals surface area contributed by atoms with Crippen molar-refractivity contribution in [3.63, 3.8) is 0 Å². The Morgan fingerprint density at radius 3 is 2.36 bits per heavy atom. The van der Waals surface area contributed by atoms with Gasteiger partial charge in [0, 0.05) is 0 Å². The van der Waals surface area contributed by atoms with Crippen LogP contribution in [0.15, 0.2) is 83.8 Å². The van der Waals surface area contributed by atoms with E-state index in [0.717, 1.165) is 28.6 Å². The van der Waals surface area contributed by atoms with Crippen LogP contribution in [0.1, 0.15) is 28.3 Å². The molecule has 4 rings (SSSR count). The predicted octanol–water partition coefficient (Wildman–Crippen LogP) is 5.60. The van der Waals surface area contributed by atoms with Crippen LogP contribution in [0.2, 0.25) is 0 Å². The van der Waals surface area contributed by atoms with Crippen LogP contribution in [-0.2, 0) is 16.2 Å². The van der Waals surface area contributed by atoms with Gasteiger partial charge in [0.25, 0.3) is 5.91 Å². The van der Waals surface area contributed by atoms with Gasteiger partial charge in [-0.1, -0.05) is 96.3 Å². The zero-order valence-electron chi connectivity index (χ0n) is 17.8. The van der Waals surface area contributed by atoms with Gasteiger partial charge in [0.1, 0.15) is 16.7 Å². The van der Waals surface area contributed by atoms with Crippen molar-refractivity contribution < 1.29 is 19.4 Å². The fraction of sp³-hybridized carbons (Fsp3) is 0.115. The fourth-order valence-corrected chi connectivity index (χ4v) is 4.72. The molecule has 0 aliphatic carbocycles. The van der Waals surface area contributed by atoms with Gasteiger partial charge in [-0.25, -0.2) is 4.79 Å². The highest BCUT2D eigenvalue weighted by atomic mass is 32.2. The van der Waals surface area contributed by atoms with Crippen molar-refractivity contribution in [2.24, 2.45) is 0 Å². The largest absolute Gasteiger partial charge is 0.489 e. The number of nitrogens with zero attached hydrogens (tertiary/aromatic N) is 1. The number of rotatable bonds is 7. The molecule has 1 saturated heterocycles. The van der Waals surface area contributed by atoms with Gasteiger partial charge >= 0.3 is 5.97 Å². The smallest absolute Gasteiger partial charge is 0.331 e. The Kier molecular flexibility index (Phi) is 6.91. The Morgan fingerprint density at radius 1 is 1.06 bits per heavy atom. The molecule has 33 heavy (non-hydrogen) atoms. The zero-order chi connectivity index (χ0) is 23.4. The second-order valence-electron chi connectivity index (χ2n) is 7.55. The van der Waals surface area contributed by atoms with Crippen molar-refractivity contribution in [3.05, 3.63) is 106 Å². The number of carbonyl (C=O) groups is 2. The number of thiocarbonyl (C=S) groups is 1. The number of thioether (sulfide) groups is 1. The van der Waals surface area contributed by atoms with Crippen molar-refractivity contribution in [2.75, 3.05) is 0 Å². The Balaban J connectivity index is 1.47. The standard InChI is InChI=1S/C26H21NO4S2/c1-17-7-9-19(10-8-17)16-31-21-13-11-18(12-14-21)15-22-24(28)27(26(32)33-22)23(25(29)30)20-5-3-2-4-6-20/h2-15,23H,16H2,1H3,(H,29,30)/b22-15-/t23-/m1/s1.